The minimum Gasteiger partial charge on any atom is -0.370 e. The molecule has 0 bridgehead atoms. The Morgan fingerprint density at radius 1 is 1.26 bits per heavy atom. The maximum Gasteiger partial charge on any atom is 0.188 e. The summed E-state index contributed by atoms with van der Waals surface area (Å²) in [6.45, 7) is 2.39. The van der Waals surface area contributed by atoms with Crippen LogP contribution in [-0.2, 0) is 4.74 Å². The third-order valence-corrected chi connectivity index (χ3v) is 4.21. The SMILES string of the molecule is CCC1CCCCC1OCC(=O)c1ccc(Cl)cc1. The van der Waals surface area contributed by atoms with Crippen LogP contribution < -0.4 is 0 Å². The first kappa shape index (κ1) is 14.5. The van der Waals surface area contributed by atoms with Gasteiger partial charge in [0.15, 0.2) is 5.78 Å². The standard InChI is InChI=1S/C16H21ClO2/c1-2-12-5-3-4-6-16(12)19-11-15(18)13-7-9-14(17)10-8-13/h7-10,12,16H,2-6,11H2,1H3. The predicted molar refractivity (Wildman–Crippen MR) is 77.8 cm³/mol. The second kappa shape index (κ2) is 7.06. The van der Waals surface area contributed by atoms with Gasteiger partial charge in [-0.2, -0.15) is 0 Å². The second-order valence-corrected chi connectivity index (χ2v) is 5.67. The number of halogens is 1. The minimum atomic E-state index is 0.0390. The van der Waals surface area contributed by atoms with E-state index in [0.29, 0.717) is 16.5 Å². The topological polar surface area (TPSA) is 26.3 Å². The molecule has 1 aromatic carbocycles. The monoisotopic (exact) mass is 280 g/mol. The molecule has 2 rings (SSSR count). The molecule has 1 fully saturated rings. The summed E-state index contributed by atoms with van der Waals surface area (Å²) in [6.07, 6.45) is 6.23. The third kappa shape index (κ3) is 4.05. The zero-order valence-electron chi connectivity index (χ0n) is 11.4. The fourth-order valence-electron chi connectivity index (χ4n) is 2.76. The molecule has 1 aliphatic carbocycles. The van der Waals surface area contributed by atoms with Gasteiger partial charge < -0.3 is 4.74 Å². The highest BCUT2D eigenvalue weighted by molar-refractivity contribution is 6.30. The molecular weight excluding hydrogens is 260 g/mol. The molecule has 1 aromatic rings. The molecule has 0 amide bonds. The number of ether oxygens (including phenoxy) is 1. The van der Waals surface area contributed by atoms with Crippen LogP contribution in [0.25, 0.3) is 0 Å². The molecule has 104 valence electrons. The van der Waals surface area contributed by atoms with Crippen LogP contribution in [0.3, 0.4) is 0 Å². The van der Waals surface area contributed by atoms with Crippen molar-refractivity contribution in [1.29, 1.82) is 0 Å². The highest BCUT2D eigenvalue weighted by Gasteiger charge is 2.24. The molecule has 3 heteroatoms. The first-order chi connectivity index (χ1) is 9.20. The molecule has 2 unspecified atom stereocenters. The van der Waals surface area contributed by atoms with Crippen molar-refractivity contribution in [2.75, 3.05) is 6.61 Å². The Balaban J connectivity index is 1.87. The number of carbonyl (C=O) groups excluding carboxylic acids is 1. The Kier molecular flexibility index (Phi) is 5.41. The van der Waals surface area contributed by atoms with Crippen molar-refractivity contribution in [3.8, 4) is 0 Å². The van der Waals surface area contributed by atoms with E-state index < -0.39 is 0 Å². The van der Waals surface area contributed by atoms with Crippen molar-refractivity contribution >= 4 is 17.4 Å². The van der Waals surface area contributed by atoms with Crippen LogP contribution >= 0.6 is 11.6 Å². The normalized spacial score (nSPS) is 23.3. The summed E-state index contributed by atoms with van der Waals surface area (Å²) in [6, 6.07) is 6.99. The zero-order chi connectivity index (χ0) is 13.7. The molecular formula is C16H21ClO2. The minimum absolute atomic E-state index is 0.0390. The molecule has 0 saturated heterocycles. The van der Waals surface area contributed by atoms with E-state index in [-0.39, 0.29) is 18.5 Å². The molecule has 0 heterocycles. The van der Waals surface area contributed by atoms with Crippen LogP contribution in [0.4, 0.5) is 0 Å². The number of carbonyl (C=O) groups is 1. The van der Waals surface area contributed by atoms with Crippen molar-refractivity contribution in [2.24, 2.45) is 5.92 Å². The molecule has 0 radical (unpaired) electrons. The Hall–Kier alpha value is -0.860. The molecule has 2 nitrogen and oxygen atoms in total. The quantitative estimate of drug-likeness (QED) is 0.742. The smallest absolute Gasteiger partial charge is 0.188 e. The first-order valence-electron chi connectivity index (χ1n) is 7.11. The number of hydrogen-bond donors (Lipinski definition) is 0. The van der Waals surface area contributed by atoms with Gasteiger partial charge in [0.1, 0.15) is 6.61 Å². The van der Waals surface area contributed by atoms with Crippen LogP contribution in [0.5, 0.6) is 0 Å². The first-order valence-corrected chi connectivity index (χ1v) is 7.49. The average Bonchev–Trinajstić information content (AvgIpc) is 2.45. The van der Waals surface area contributed by atoms with Crippen molar-refractivity contribution in [3.05, 3.63) is 34.9 Å². The van der Waals surface area contributed by atoms with Gasteiger partial charge in [-0.25, -0.2) is 0 Å². The van der Waals surface area contributed by atoms with E-state index in [2.05, 4.69) is 6.92 Å². The second-order valence-electron chi connectivity index (χ2n) is 5.23. The Morgan fingerprint density at radius 3 is 2.63 bits per heavy atom. The molecule has 19 heavy (non-hydrogen) atoms. The summed E-state index contributed by atoms with van der Waals surface area (Å²) in [4.78, 5) is 12.0. The fraction of sp³-hybridized carbons (Fsp3) is 0.562. The van der Waals surface area contributed by atoms with Gasteiger partial charge >= 0.3 is 0 Å². The number of benzene rings is 1. The lowest BCUT2D eigenvalue weighted by Crippen LogP contribution is -2.29. The molecule has 1 saturated carbocycles. The predicted octanol–water partition coefficient (Wildman–Crippen LogP) is 4.51. The average molecular weight is 281 g/mol. The van der Waals surface area contributed by atoms with Gasteiger partial charge in [-0.1, -0.05) is 37.8 Å². The van der Waals surface area contributed by atoms with E-state index in [1.54, 1.807) is 24.3 Å². The summed E-state index contributed by atoms with van der Waals surface area (Å²) < 4.78 is 5.85. The fourth-order valence-corrected chi connectivity index (χ4v) is 2.89. The van der Waals surface area contributed by atoms with E-state index in [9.17, 15) is 4.79 Å². The highest BCUT2D eigenvalue weighted by atomic mass is 35.5. The van der Waals surface area contributed by atoms with Gasteiger partial charge in [0.2, 0.25) is 0 Å². The van der Waals surface area contributed by atoms with Crippen molar-refractivity contribution < 1.29 is 9.53 Å². The largest absolute Gasteiger partial charge is 0.370 e. The zero-order valence-corrected chi connectivity index (χ0v) is 12.2. The summed E-state index contributed by atoms with van der Waals surface area (Å²) in [7, 11) is 0. The van der Waals surface area contributed by atoms with Crippen molar-refractivity contribution in [3.63, 3.8) is 0 Å². The Bertz CT molecular complexity index is 413. The van der Waals surface area contributed by atoms with Gasteiger partial charge in [0.25, 0.3) is 0 Å². The van der Waals surface area contributed by atoms with E-state index in [0.717, 1.165) is 12.8 Å². The van der Waals surface area contributed by atoms with Gasteiger partial charge in [0.05, 0.1) is 6.10 Å². The van der Waals surface area contributed by atoms with Crippen molar-refractivity contribution in [1.82, 2.24) is 0 Å². The van der Waals surface area contributed by atoms with Crippen molar-refractivity contribution in [2.45, 2.75) is 45.1 Å². The third-order valence-electron chi connectivity index (χ3n) is 3.96. The Labute approximate surface area is 120 Å². The molecule has 0 spiro atoms. The summed E-state index contributed by atoms with van der Waals surface area (Å²) in [5.74, 6) is 0.656. The lowest BCUT2D eigenvalue weighted by atomic mass is 9.85. The summed E-state index contributed by atoms with van der Waals surface area (Å²) in [5.41, 5.74) is 0.674. The molecule has 2 atom stereocenters. The number of hydrogen-bond acceptors (Lipinski definition) is 2. The van der Waals surface area contributed by atoms with E-state index in [1.165, 1.54) is 19.3 Å². The van der Waals surface area contributed by atoms with Gasteiger partial charge in [-0.3, -0.25) is 4.79 Å². The van der Waals surface area contributed by atoms with Crippen LogP contribution in [0, 0.1) is 5.92 Å². The maximum atomic E-state index is 12.0. The molecule has 0 aromatic heterocycles. The summed E-state index contributed by atoms with van der Waals surface area (Å²) >= 11 is 5.81. The number of ketones is 1. The lowest BCUT2D eigenvalue weighted by molar-refractivity contribution is -0.00570. The molecule has 1 aliphatic rings. The van der Waals surface area contributed by atoms with E-state index in [4.69, 9.17) is 16.3 Å². The number of rotatable bonds is 5. The summed E-state index contributed by atoms with van der Waals surface area (Å²) in [5, 5.41) is 0.649. The van der Waals surface area contributed by atoms with Crippen LogP contribution in [0.15, 0.2) is 24.3 Å². The van der Waals surface area contributed by atoms with Gasteiger partial charge in [-0.15, -0.1) is 0 Å². The van der Waals surface area contributed by atoms with E-state index in [1.807, 2.05) is 0 Å². The lowest BCUT2D eigenvalue weighted by Gasteiger charge is -2.30. The van der Waals surface area contributed by atoms with E-state index >= 15 is 0 Å². The molecule has 0 aliphatic heterocycles. The van der Waals surface area contributed by atoms with Crippen LogP contribution in [0.1, 0.15) is 49.4 Å². The Morgan fingerprint density at radius 2 is 1.95 bits per heavy atom. The van der Waals surface area contributed by atoms with Gasteiger partial charge in [-0.05, 0) is 43.0 Å². The van der Waals surface area contributed by atoms with Crippen LogP contribution in [0.2, 0.25) is 5.02 Å². The molecule has 0 N–H and O–H groups in total. The van der Waals surface area contributed by atoms with Crippen LogP contribution in [-0.4, -0.2) is 18.5 Å². The maximum absolute atomic E-state index is 12.0. The number of Topliss-reactive ketones (excluding diaryl/α,β-unsaturated/α-hetero) is 1. The highest BCUT2D eigenvalue weighted by Crippen LogP contribution is 2.29. The van der Waals surface area contributed by atoms with Gasteiger partial charge in [0, 0.05) is 10.6 Å².